The van der Waals surface area contributed by atoms with E-state index in [9.17, 15) is 19.4 Å². The van der Waals surface area contributed by atoms with Gasteiger partial charge in [-0.15, -0.1) is 0 Å². The number of aliphatic hydroxyl groups excluding tert-OH is 2. The monoisotopic (exact) mass is 371 g/mol. The zero-order chi connectivity index (χ0) is 18.4. The molecule has 9 nitrogen and oxygen atoms in total. The lowest BCUT2D eigenvalue weighted by atomic mass is 9.96. The second kappa shape index (κ2) is 6.27. The van der Waals surface area contributed by atoms with E-state index in [1.54, 1.807) is 0 Å². The van der Waals surface area contributed by atoms with Gasteiger partial charge < -0.3 is 20.7 Å². The van der Waals surface area contributed by atoms with E-state index in [4.69, 9.17) is 22.1 Å². The number of imidazole rings is 1. The zero-order valence-electron chi connectivity index (χ0n) is 13.0. The second-order valence-electron chi connectivity index (χ2n) is 5.62. The SMILES string of the molecule is C[C@H](O)[C@H]1O[C@@H](n2cnc3c(=O)[nH]c(N)nc32)C(Cl)(C#CCF)[C@H]1O. The van der Waals surface area contributed by atoms with Gasteiger partial charge in [0, 0.05) is 0 Å². The molecule has 1 aliphatic rings. The first-order chi connectivity index (χ1) is 11.8. The normalized spacial score (nSPS) is 30.2. The highest BCUT2D eigenvalue weighted by molar-refractivity contribution is 6.27. The first kappa shape index (κ1) is 17.6. The number of fused-ring (bicyclic) bond motifs is 1. The van der Waals surface area contributed by atoms with Gasteiger partial charge in [0.2, 0.25) is 5.95 Å². The maximum absolute atomic E-state index is 12.5. The fourth-order valence-corrected chi connectivity index (χ4v) is 3.12. The van der Waals surface area contributed by atoms with Gasteiger partial charge in [0.1, 0.15) is 18.9 Å². The number of halogens is 2. The van der Waals surface area contributed by atoms with Gasteiger partial charge in [-0.3, -0.25) is 14.3 Å². The van der Waals surface area contributed by atoms with Crippen LogP contribution in [0.4, 0.5) is 10.3 Å². The predicted molar refractivity (Wildman–Crippen MR) is 86.5 cm³/mol. The summed E-state index contributed by atoms with van der Waals surface area (Å²) in [5.74, 6) is 4.45. The van der Waals surface area contributed by atoms with Crippen molar-refractivity contribution in [3.8, 4) is 11.8 Å². The lowest BCUT2D eigenvalue weighted by Gasteiger charge is -2.25. The first-order valence-corrected chi connectivity index (χ1v) is 7.66. The molecule has 25 heavy (non-hydrogen) atoms. The Bertz CT molecular complexity index is 919. The van der Waals surface area contributed by atoms with E-state index in [2.05, 4.69) is 26.8 Å². The number of aromatic amines is 1. The van der Waals surface area contributed by atoms with E-state index >= 15 is 0 Å². The van der Waals surface area contributed by atoms with E-state index in [0.717, 1.165) is 0 Å². The number of aliphatic hydroxyl groups is 2. The molecule has 0 amide bonds. The van der Waals surface area contributed by atoms with Crippen LogP contribution in [0.25, 0.3) is 11.2 Å². The number of hydrogen-bond donors (Lipinski definition) is 4. The summed E-state index contributed by atoms with van der Waals surface area (Å²) in [4.78, 5) is 20.4. The Kier molecular flexibility index (Phi) is 4.42. The summed E-state index contributed by atoms with van der Waals surface area (Å²) < 4.78 is 19.5. The number of nitrogen functional groups attached to an aromatic ring is 1. The third kappa shape index (κ3) is 2.75. The summed E-state index contributed by atoms with van der Waals surface area (Å²) in [6.07, 6.45) is -3.58. The van der Waals surface area contributed by atoms with Gasteiger partial charge in [0.25, 0.3) is 5.56 Å². The minimum absolute atomic E-state index is 0.0229. The lowest BCUT2D eigenvalue weighted by Crippen LogP contribution is -2.43. The maximum Gasteiger partial charge on any atom is 0.280 e. The number of hydrogen-bond acceptors (Lipinski definition) is 7. The largest absolute Gasteiger partial charge is 0.391 e. The molecule has 0 aromatic carbocycles. The molecule has 1 fully saturated rings. The van der Waals surface area contributed by atoms with Crippen LogP contribution in [0.15, 0.2) is 11.1 Å². The number of ether oxygens (including phenoxy) is 1. The highest BCUT2D eigenvalue weighted by Gasteiger charge is 2.57. The maximum atomic E-state index is 12.5. The lowest BCUT2D eigenvalue weighted by molar-refractivity contribution is -0.0752. The van der Waals surface area contributed by atoms with E-state index in [1.807, 2.05) is 0 Å². The summed E-state index contributed by atoms with van der Waals surface area (Å²) >= 11 is 6.46. The van der Waals surface area contributed by atoms with Crippen molar-refractivity contribution in [2.24, 2.45) is 0 Å². The molecular formula is C14H15ClFN5O4. The summed E-state index contributed by atoms with van der Waals surface area (Å²) in [5, 5.41) is 20.3. The van der Waals surface area contributed by atoms with Crippen molar-refractivity contribution in [2.45, 2.75) is 36.3 Å². The van der Waals surface area contributed by atoms with Crippen molar-refractivity contribution >= 4 is 28.7 Å². The number of H-pyrrole nitrogens is 1. The molecule has 2 aromatic heterocycles. The molecular weight excluding hydrogens is 357 g/mol. The van der Waals surface area contributed by atoms with Crippen molar-refractivity contribution in [3.05, 3.63) is 16.7 Å². The second-order valence-corrected chi connectivity index (χ2v) is 6.24. The molecule has 3 rings (SSSR count). The first-order valence-electron chi connectivity index (χ1n) is 7.28. The van der Waals surface area contributed by atoms with Gasteiger partial charge >= 0.3 is 0 Å². The van der Waals surface area contributed by atoms with Crippen LogP contribution in [0.3, 0.4) is 0 Å². The van der Waals surface area contributed by atoms with Crippen molar-refractivity contribution < 1.29 is 19.3 Å². The molecule has 5 N–H and O–H groups in total. The van der Waals surface area contributed by atoms with Crippen LogP contribution in [0.1, 0.15) is 13.2 Å². The van der Waals surface area contributed by atoms with Gasteiger partial charge in [0.15, 0.2) is 22.3 Å². The molecule has 0 radical (unpaired) electrons. The van der Waals surface area contributed by atoms with Crippen LogP contribution in [0.2, 0.25) is 0 Å². The molecule has 1 unspecified atom stereocenters. The average molecular weight is 372 g/mol. The van der Waals surface area contributed by atoms with Crippen LogP contribution in [-0.4, -0.2) is 59.6 Å². The Morgan fingerprint density at radius 3 is 3.04 bits per heavy atom. The zero-order valence-corrected chi connectivity index (χ0v) is 13.7. The third-order valence-corrected chi connectivity index (χ3v) is 4.42. The van der Waals surface area contributed by atoms with E-state index in [0.29, 0.717) is 0 Å². The topological polar surface area (TPSA) is 139 Å². The van der Waals surface area contributed by atoms with Gasteiger partial charge in [-0.2, -0.15) is 4.98 Å². The van der Waals surface area contributed by atoms with Crippen LogP contribution in [-0.2, 0) is 4.74 Å². The Morgan fingerprint density at radius 1 is 1.68 bits per heavy atom. The smallest absolute Gasteiger partial charge is 0.280 e. The van der Waals surface area contributed by atoms with Gasteiger partial charge in [-0.25, -0.2) is 9.37 Å². The Balaban J connectivity index is 2.18. The standard InChI is InChI=1S/C14H15ClFN5O4/c1-6(22)8-9(23)14(15,3-2-4-16)12(25-8)21-5-18-7-10(21)19-13(17)20-11(7)24/h5-6,8-9,12,22-23H,4H2,1H3,(H3,17,19,20,24)/t6-,8+,9-,12+,14?/m0/s1. The van der Waals surface area contributed by atoms with Gasteiger partial charge in [0.05, 0.1) is 12.4 Å². The van der Waals surface area contributed by atoms with E-state index in [-0.39, 0.29) is 17.1 Å². The van der Waals surface area contributed by atoms with Crippen molar-refractivity contribution in [2.75, 3.05) is 12.4 Å². The minimum atomic E-state index is -1.79. The predicted octanol–water partition coefficient (Wildman–Crippen LogP) is -0.709. The highest BCUT2D eigenvalue weighted by Crippen LogP contribution is 2.44. The average Bonchev–Trinajstić information content (AvgIpc) is 3.06. The summed E-state index contributed by atoms with van der Waals surface area (Å²) in [7, 11) is 0. The number of alkyl halides is 2. The van der Waals surface area contributed by atoms with Crippen molar-refractivity contribution in [1.29, 1.82) is 0 Å². The Hall–Kier alpha value is -2.19. The summed E-state index contributed by atoms with van der Waals surface area (Å²) in [6.45, 7) is 0.423. The number of nitrogens with zero attached hydrogens (tertiary/aromatic N) is 3. The summed E-state index contributed by atoms with van der Waals surface area (Å²) in [6, 6.07) is 0. The fraction of sp³-hybridized carbons (Fsp3) is 0.500. The Labute approximate surface area is 145 Å². The number of nitrogens with two attached hydrogens (primary N) is 1. The van der Waals surface area contributed by atoms with Gasteiger partial charge in [-0.05, 0) is 6.92 Å². The van der Waals surface area contributed by atoms with Crippen LogP contribution in [0.5, 0.6) is 0 Å². The molecule has 11 heteroatoms. The number of nitrogens with one attached hydrogen (secondary N) is 1. The molecule has 0 spiro atoms. The minimum Gasteiger partial charge on any atom is -0.391 e. The number of anilines is 1. The molecule has 2 aromatic rings. The van der Waals surface area contributed by atoms with E-state index in [1.165, 1.54) is 17.8 Å². The highest BCUT2D eigenvalue weighted by atomic mass is 35.5. The molecule has 1 saturated heterocycles. The van der Waals surface area contributed by atoms with Crippen molar-refractivity contribution in [1.82, 2.24) is 19.5 Å². The molecule has 1 aliphatic heterocycles. The summed E-state index contributed by atoms with van der Waals surface area (Å²) in [5.41, 5.74) is 5.02. The number of rotatable bonds is 2. The van der Waals surface area contributed by atoms with Crippen molar-refractivity contribution in [3.63, 3.8) is 0 Å². The molecule has 5 atom stereocenters. The molecule has 0 bridgehead atoms. The number of aromatic nitrogens is 4. The molecule has 3 heterocycles. The van der Waals surface area contributed by atoms with E-state index < -0.39 is 41.6 Å². The van der Waals surface area contributed by atoms with Crippen LogP contribution < -0.4 is 11.3 Å². The Morgan fingerprint density at radius 2 is 2.40 bits per heavy atom. The van der Waals surface area contributed by atoms with Crippen LogP contribution >= 0.6 is 11.6 Å². The molecule has 134 valence electrons. The van der Waals surface area contributed by atoms with Gasteiger partial charge in [-0.1, -0.05) is 23.4 Å². The molecule has 0 aliphatic carbocycles. The third-order valence-electron chi connectivity index (χ3n) is 3.91. The van der Waals surface area contributed by atoms with Crippen LogP contribution in [0, 0.1) is 11.8 Å². The fourth-order valence-electron chi connectivity index (χ4n) is 2.77. The molecule has 0 saturated carbocycles. The quantitative estimate of drug-likeness (QED) is 0.404.